The second kappa shape index (κ2) is 6.47. The molecule has 1 aromatic heterocycles. The van der Waals surface area contributed by atoms with Gasteiger partial charge >= 0.3 is 5.97 Å². The maximum Gasteiger partial charge on any atom is 0.326 e. The molecule has 0 spiro atoms. The van der Waals surface area contributed by atoms with Gasteiger partial charge in [0, 0.05) is 5.69 Å². The molecule has 104 valence electrons. The maximum atomic E-state index is 12.0. The molecule has 1 rings (SSSR count). The number of aliphatic carboxylic acids is 1. The van der Waals surface area contributed by atoms with E-state index < -0.39 is 17.9 Å². The summed E-state index contributed by atoms with van der Waals surface area (Å²) in [5, 5.41) is 11.5. The average Bonchev–Trinajstić information content (AvgIpc) is 2.33. The molecule has 0 radical (unpaired) electrons. The van der Waals surface area contributed by atoms with Gasteiger partial charge in [0.2, 0.25) is 5.28 Å². The monoisotopic (exact) mass is 285 g/mol. The molecule has 0 saturated carbocycles. The number of halogens is 1. The van der Waals surface area contributed by atoms with Crippen LogP contribution in [-0.4, -0.2) is 33.0 Å². The summed E-state index contributed by atoms with van der Waals surface area (Å²) >= 11 is 5.66. The van der Waals surface area contributed by atoms with Crippen molar-refractivity contribution in [3.8, 4) is 0 Å². The Kier molecular flexibility index (Phi) is 5.23. The van der Waals surface area contributed by atoms with Crippen LogP contribution >= 0.6 is 11.6 Å². The first kappa shape index (κ1) is 15.4. The first-order valence-electron chi connectivity index (χ1n) is 5.90. The Labute approximate surface area is 116 Å². The number of aryl methyl sites for hydroxylation is 1. The van der Waals surface area contributed by atoms with E-state index in [-0.39, 0.29) is 16.9 Å². The standard InChI is InChI=1S/C12H16ClN3O3/c1-4-6(2)9(11(18)19)16-10(17)8-5-7(3)14-12(13)15-8/h5-6,9H,4H2,1-3H3,(H,16,17)(H,18,19). The number of amides is 1. The molecule has 6 nitrogen and oxygen atoms in total. The molecular weight excluding hydrogens is 270 g/mol. The van der Waals surface area contributed by atoms with Crippen molar-refractivity contribution in [2.45, 2.75) is 33.2 Å². The molecule has 19 heavy (non-hydrogen) atoms. The van der Waals surface area contributed by atoms with Gasteiger partial charge in [0.25, 0.3) is 5.91 Å². The molecule has 1 amide bonds. The number of carbonyl (C=O) groups excluding carboxylic acids is 1. The first-order chi connectivity index (χ1) is 8.85. The number of nitrogens with one attached hydrogen (secondary N) is 1. The van der Waals surface area contributed by atoms with Gasteiger partial charge in [-0.25, -0.2) is 14.8 Å². The van der Waals surface area contributed by atoms with Crippen LogP contribution in [0.2, 0.25) is 5.28 Å². The summed E-state index contributed by atoms with van der Waals surface area (Å²) < 4.78 is 0. The minimum absolute atomic E-state index is 0.0411. The quantitative estimate of drug-likeness (QED) is 0.803. The lowest BCUT2D eigenvalue weighted by Crippen LogP contribution is -2.45. The average molecular weight is 286 g/mol. The van der Waals surface area contributed by atoms with Crippen LogP contribution in [0.4, 0.5) is 0 Å². The molecule has 7 heteroatoms. The fourth-order valence-corrected chi connectivity index (χ4v) is 1.77. The van der Waals surface area contributed by atoms with E-state index in [9.17, 15) is 9.59 Å². The Hall–Kier alpha value is -1.69. The van der Waals surface area contributed by atoms with Crippen molar-refractivity contribution in [2.75, 3.05) is 0 Å². The van der Waals surface area contributed by atoms with Crippen molar-refractivity contribution in [3.05, 3.63) is 22.7 Å². The van der Waals surface area contributed by atoms with E-state index in [1.54, 1.807) is 13.8 Å². The smallest absolute Gasteiger partial charge is 0.326 e. The molecule has 0 aromatic carbocycles. The van der Waals surface area contributed by atoms with Gasteiger partial charge in [-0.1, -0.05) is 20.3 Å². The summed E-state index contributed by atoms with van der Waals surface area (Å²) in [5.74, 6) is -1.82. The molecule has 0 aliphatic carbocycles. The van der Waals surface area contributed by atoms with Crippen molar-refractivity contribution >= 4 is 23.5 Å². The number of hydrogen-bond acceptors (Lipinski definition) is 4. The van der Waals surface area contributed by atoms with Gasteiger partial charge in [-0.3, -0.25) is 4.79 Å². The fraction of sp³-hybridized carbons (Fsp3) is 0.500. The number of carbonyl (C=O) groups is 2. The predicted molar refractivity (Wildman–Crippen MR) is 70.1 cm³/mol. The molecule has 2 unspecified atom stereocenters. The zero-order chi connectivity index (χ0) is 14.6. The van der Waals surface area contributed by atoms with Crippen molar-refractivity contribution in [1.82, 2.24) is 15.3 Å². The highest BCUT2D eigenvalue weighted by Crippen LogP contribution is 2.10. The van der Waals surface area contributed by atoms with Gasteiger partial charge in [0.05, 0.1) is 0 Å². The predicted octanol–water partition coefficient (Wildman–Crippen LogP) is 1.67. The van der Waals surface area contributed by atoms with E-state index in [1.807, 2.05) is 6.92 Å². The number of rotatable bonds is 5. The van der Waals surface area contributed by atoms with Crippen LogP contribution in [0.3, 0.4) is 0 Å². The van der Waals surface area contributed by atoms with E-state index in [1.165, 1.54) is 6.07 Å². The molecule has 0 fully saturated rings. The van der Waals surface area contributed by atoms with E-state index >= 15 is 0 Å². The highest BCUT2D eigenvalue weighted by atomic mass is 35.5. The third-order valence-electron chi connectivity index (χ3n) is 2.83. The Morgan fingerprint density at radius 2 is 2.11 bits per heavy atom. The van der Waals surface area contributed by atoms with E-state index in [4.69, 9.17) is 16.7 Å². The van der Waals surface area contributed by atoms with Gasteiger partial charge in [-0.05, 0) is 30.5 Å². The summed E-state index contributed by atoms with van der Waals surface area (Å²) in [6.07, 6.45) is 0.640. The van der Waals surface area contributed by atoms with Crippen LogP contribution in [0.5, 0.6) is 0 Å². The second-order valence-corrected chi connectivity index (χ2v) is 4.68. The third kappa shape index (κ3) is 4.17. The van der Waals surface area contributed by atoms with Crippen LogP contribution < -0.4 is 5.32 Å². The van der Waals surface area contributed by atoms with E-state index in [0.29, 0.717) is 12.1 Å². The molecule has 0 aliphatic heterocycles. The van der Waals surface area contributed by atoms with Gasteiger partial charge in [0.15, 0.2) is 0 Å². The third-order valence-corrected chi connectivity index (χ3v) is 2.99. The Morgan fingerprint density at radius 3 is 2.58 bits per heavy atom. The summed E-state index contributed by atoms with van der Waals surface area (Å²) in [7, 11) is 0. The number of hydrogen-bond donors (Lipinski definition) is 2. The molecule has 2 atom stereocenters. The Bertz CT molecular complexity index is 473. The number of nitrogens with zero attached hydrogens (tertiary/aromatic N) is 2. The zero-order valence-electron chi connectivity index (χ0n) is 11.0. The van der Waals surface area contributed by atoms with Crippen LogP contribution in [0, 0.1) is 12.8 Å². The Morgan fingerprint density at radius 1 is 1.47 bits per heavy atom. The van der Waals surface area contributed by atoms with Crippen LogP contribution in [0.1, 0.15) is 36.5 Å². The number of carboxylic acids is 1. The van der Waals surface area contributed by atoms with Crippen molar-refractivity contribution in [1.29, 1.82) is 0 Å². The molecule has 0 saturated heterocycles. The van der Waals surface area contributed by atoms with Crippen LogP contribution in [0.25, 0.3) is 0 Å². The first-order valence-corrected chi connectivity index (χ1v) is 6.27. The van der Waals surface area contributed by atoms with Gasteiger partial charge in [0.1, 0.15) is 11.7 Å². The highest BCUT2D eigenvalue weighted by molar-refractivity contribution is 6.28. The highest BCUT2D eigenvalue weighted by Gasteiger charge is 2.26. The minimum Gasteiger partial charge on any atom is -0.480 e. The fourth-order valence-electron chi connectivity index (χ4n) is 1.55. The van der Waals surface area contributed by atoms with Crippen LogP contribution in [-0.2, 0) is 4.79 Å². The lowest BCUT2D eigenvalue weighted by atomic mass is 9.99. The van der Waals surface area contributed by atoms with Gasteiger partial charge in [-0.2, -0.15) is 0 Å². The molecule has 2 N–H and O–H groups in total. The molecule has 1 aromatic rings. The summed E-state index contributed by atoms with van der Waals surface area (Å²) in [6, 6.07) is 0.503. The van der Waals surface area contributed by atoms with Crippen molar-refractivity contribution in [3.63, 3.8) is 0 Å². The largest absolute Gasteiger partial charge is 0.480 e. The second-order valence-electron chi connectivity index (χ2n) is 4.34. The van der Waals surface area contributed by atoms with Gasteiger partial charge < -0.3 is 10.4 Å². The molecular formula is C12H16ClN3O3. The lowest BCUT2D eigenvalue weighted by molar-refractivity contribution is -0.140. The molecule has 1 heterocycles. The SMILES string of the molecule is CCC(C)C(NC(=O)c1cc(C)nc(Cl)n1)C(=O)O. The normalized spacial score (nSPS) is 13.7. The topological polar surface area (TPSA) is 92.2 Å². The zero-order valence-corrected chi connectivity index (χ0v) is 11.7. The summed E-state index contributed by atoms with van der Waals surface area (Å²) in [6.45, 7) is 5.30. The van der Waals surface area contributed by atoms with Crippen molar-refractivity contribution < 1.29 is 14.7 Å². The van der Waals surface area contributed by atoms with E-state index in [2.05, 4.69) is 15.3 Å². The Balaban J connectivity index is 2.90. The number of carboxylic acid groups (broad SMARTS) is 1. The molecule has 0 bridgehead atoms. The van der Waals surface area contributed by atoms with E-state index in [0.717, 1.165) is 0 Å². The van der Waals surface area contributed by atoms with Crippen molar-refractivity contribution in [2.24, 2.45) is 5.92 Å². The van der Waals surface area contributed by atoms with Crippen LogP contribution in [0.15, 0.2) is 6.07 Å². The number of aromatic nitrogens is 2. The van der Waals surface area contributed by atoms with Gasteiger partial charge in [-0.15, -0.1) is 0 Å². The summed E-state index contributed by atoms with van der Waals surface area (Å²) in [5.41, 5.74) is 0.604. The maximum absolute atomic E-state index is 12.0. The summed E-state index contributed by atoms with van der Waals surface area (Å²) in [4.78, 5) is 30.7. The molecule has 0 aliphatic rings. The lowest BCUT2D eigenvalue weighted by Gasteiger charge is -2.19. The minimum atomic E-state index is -1.07.